The lowest BCUT2D eigenvalue weighted by molar-refractivity contribution is -0.123. The third-order valence-electron chi connectivity index (χ3n) is 5.40. The largest absolute Gasteiger partial charge is 0.391 e. The Morgan fingerprint density at radius 3 is 2.61 bits per heavy atom. The average Bonchev–Trinajstić information content (AvgIpc) is 3.14. The molecule has 166 valence electrons. The van der Waals surface area contributed by atoms with Gasteiger partial charge in [-0.05, 0) is 48.2 Å². The van der Waals surface area contributed by atoms with E-state index in [2.05, 4.69) is 10.3 Å². The van der Waals surface area contributed by atoms with Gasteiger partial charge in [0.15, 0.2) is 0 Å². The number of pyridine rings is 1. The molecule has 2 atom stereocenters. The maximum absolute atomic E-state index is 12.0. The van der Waals surface area contributed by atoms with Crippen LogP contribution in [0, 0.1) is 5.92 Å². The van der Waals surface area contributed by atoms with Crippen LogP contribution in [0.5, 0.6) is 0 Å². The van der Waals surface area contributed by atoms with Gasteiger partial charge in [-0.25, -0.2) is 9.97 Å². The average molecular weight is 445 g/mol. The summed E-state index contributed by atoms with van der Waals surface area (Å²) in [6, 6.07) is 4.89. The Kier molecular flexibility index (Phi) is 7.27. The number of benzene rings is 1. The number of halogens is 1. The molecule has 0 fully saturated rings. The second-order valence-electron chi connectivity index (χ2n) is 8.05. The van der Waals surface area contributed by atoms with E-state index >= 15 is 0 Å². The zero-order chi connectivity index (χ0) is 22.7. The molecule has 0 aliphatic heterocycles. The zero-order valence-corrected chi connectivity index (χ0v) is 18.7. The topological polar surface area (TPSA) is 132 Å². The Hall–Kier alpha value is -2.52. The molecule has 0 radical (unpaired) electrons. The molecular weight excluding hydrogens is 416 g/mol. The van der Waals surface area contributed by atoms with Crippen LogP contribution in [0.15, 0.2) is 30.7 Å². The van der Waals surface area contributed by atoms with Crippen LogP contribution in [0.3, 0.4) is 0 Å². The van der Waals surface area contributed by atoms with Gasteiger partial charge in [0.05, 0.1) is 35.5 Å². The van der Waals surface area contributed by atoms with E-state index in [-0.39, 0.29) is 5.92 Å². The van der Waals surface area contributed by atoms with Gasteiger partial charge in [-0.3, -0.25) is 10.1 Å². The van der Waals surface area contributed by atoms with Gasteiger partial charge in [0, 0.05) is 24.0 Å². The third kappa shape index (κ3) is 5.04. The number of primary amides is 1. The van der Waals surface area contributed by atoms with Crippen LogP contribution < -0.4 is 16.8 Å². The summed E-state index contributed by atoms with van der Waals surface area (Å²) in [4.78, 5) is 20.9. The summed E-state index contributed by atoms with van der Waals surface area (Å²) < 4.78 is 1.88. The van der Waals surface area contributed by atoms with Crippen LogP contribution in [0.2, 0.25) is 5.02 Å². The van der Waals surface area contributed by atoms with E-state index in [9.17, 15) is 9.90 Å². The summed E-state index contributed by atoms with van der Waals surface area (Å²) in [5, 5.41) is 15.1. The maximum atomic E-state index is 12.0. The number of hydrogen-bond donors (Lipinski definition) is 4. The van der Waals surface area contributed by atoms with Gasteiger partial charge >= 0.3 is 0 Å². The molecule has 6 N–H and O–H groups in total. The normalized spacial score (nSPS) is 13.6. The highest BCUT2D eigenvalue weighted by Gasteiger charge is 2.27. The number of nitrogens with two attached hydrogens (primary N) is 2. The van der Waals surface area contributed by atoms with Crippen molar-refractivity contribution < 1.29 is 9.90 Å². The lowest BCUT2D eigenvalue weighted by Crippen LogP contribution is -2.51. The van der Waals surface area contributed by atoms with Gasteiger partial charge in [0.1, 0.15) is 6.04 Å². The number of fused-ring (bicyclic) bond motifs is 1. The molecule has 0 saturated carbocycles. The molecule has 3 rings (SSSR count). The molecule has 9 heteroatoms. The SMILES string of the molecule is CC(C)[C@H](O)[C@@H](NCc1cc(-c2cncn2C)nc2cc(Cl)c(CCN)cc12)C(N)=O. The summed E-state index contributed by atoms with van der Waals surface area (Å²) in [5.74, 6) is -0.725. The van der Waals surface area contributed by atoms with Crippen molar-refractivity contribution in [2.45, 2.75) is 39.0 Å². The number of aromatic nitrogens is 3. The van der Waals surface area contributed by atoms with Crippen molar-refractivity contribution in [3.63, 3.8) is 0 Å². The van der Waals surface area contributed by atoms with Crippen LogP contribution in [-0.4, -0.2) is 44.2 Å². The first kappa shape index (κ1) is 23.1. The highest BCUT2D eigenvalue weighted by Crippen LogP contribution is 2.29. The number of aliphatic hydroxyl groups excluding tert-OH is 1. The predicted octanol–water partition coefficient (Wildman–Crippen LogP) is 1.75. The van der Waals surface area contributed by atoms with Crippen molar-refractivity contribution in [3.05, 3.63) is 46.9 Å². The molecule has 0 aliphatic rings. The van der Waals surface area contributed by atoms with E-state index in [0.29, 0.717) is 24.5 Å². The second kappa shape index (κ2) is 9.74. The van der Waals surface area contributed by atoms with Gasteiger partial charge in [0.25, 0.3) is 0 Å². The van der Waals surface area contributed by atoms with E-state index in [4.69, 9.17) is 28.1 Å². The van der Waals surface area contributed by atoms with Gasteiger partial charge < -0.3 is 21.1 Å². The quantitative estimate of drug-likeness (QED) is 0.397. The molecule has 31 heavy (non-hydrogen) atoms. The molecule has 2 aromatic heterocycles. The summed E-state index contributed by atoms with van der Waals surface area (Å²) in [6.45, 7) is 4.46. The molecule has 0 saturated heterocycles. The molecule has 3 aromatic rings. The van der Waals surface area contributed by atoms with Gasteiger partial charge in [-0.15, -0.1) is 0 Å². The molecule has 1 aromatic carbocycles. The summed E-state index contributed by atoms with van der Waals surface area (Å²) in [6.07, 6.45) is 3.19. The summed E-state index contributed by atoms with van der Waals surface area (Å²) in [5.41, 5.74) is 15.4. The number of hydrogen-bond acceptors (Lipinski definition) is 6. The van der Waals surface area contributed by atoms with Gasteiger partial charge in [-0.1, -0.05) is 25.4 Å². The number of imidazole rings is 1. The van der Waals surface area contributed by atoms with Crippen molar-refractivity contribution in [1.82, 2.24) is 19.9 Å². The van der Waals surface area contributed by atoms with E-state index in [1.807, 2.05) is 43.7 Å². The Bertz CT molecular complexity index is 1080. The second-order valence-corrected chi connectivity index (χ2v) is 8.46. The first-order valence-corrected chi connectivity index (χ1v) is 10.6. The third-order valence-corrected chi connectivity index (χ3v) is 5.75. The Balaban J connectivity index is 2.08. The minimum absolute atomic E-state index is 0.126. The fourth-order valence-corrected chi connectivity index (χ4v) is 3.84. The number of nitrogens with one attached hydrogen (secondary N) is 1. The molecule has 1 amide bonds. The van der Waals surface area contributed by atoms with Crippen LogP contribution in [0.25, 0.3) is 22.3 Å². The predicted molar refractivity (Wildman–Crippen MR) is 122 cm³/mol. The number of aryl methyl sites for hydroxylation is 1. The molecule has 0 bridgehead atoms. The molecule has 0 unspecified atom stereocenters. The highest BCUT2D eigenvalue weighted by molar-refractivity contribution is 6.32. The molecule has 0 aliphatic carbocycles. The van der Waals surface area contributed by atoms with E-state index in [1.54, 1.807) is 12.5 Å². The Labute approximate surface area is 186 Å². The Morgan fingerprint density at radius 2 is 2.03 bits per heavy atom. The zero-order valence-electron chi connectivity index (χ0n) is 18.0. The first-order chi connectivity index (χ1) is 14.7. The minimum Gasteiger partial charge on any atom is -0.391 e. The lowest BCUT2D eigenvalue weighted by Gasteiger charge is -2.24. The van der Waals surface area contributed by atoms with Crippen LogP contribution in [0.1, 0.15) is 25.0 Å². The number of rotatable bonds is 9. The van der Waals surface area contributed by atoms with Gasteiger partial charge in [0.2, 0.25) is 5.91 Å². The minimum atomic E-state index is -0.899. The fraction of sp³-hybridized carbons (Fsp3) is 0.409. The molecule has 8 nitrogen and oxygen atoms in total. The van der Waals surface area contributed by atoms with E-state index < -0.39 is 18.1 Å². The van der Waals surface area contributed by atoms with Crippen molar-refractivity contribution >= 4 is 28.4 Å². The number of carbonyl (C=O) groups is 1. The Morgan fingerprint density at radius 1 is 1.29 bits per heavy atom. The molecule has 2 heterocycles. The van der Waals surface area contributed by atoms with Crippen molar-refractivity contribution in [1.29, 1.82) is 0 Å². The fourth-order valence-electron chi connectivity index (χ4n) is 3.59. The highest BCUT2D eigenvalue weighted by atomic mass is 35.5. The van der Waals surface area contributed by atoms with Gasteiger partial charge in [-0.2, -0.15) is 0 Å². The van der Waals surface area contributed by atoms with Crippen LogP contribution in [-0.2, 0) is 24.8 Å². The summed E-state index contributed by atoms with van der Waals surface area (Å²) >= 11 is 6.47. The molecular formula is C22H29ClN6O2. The summed E-state index contributed by atoms with van der Waals surface area (Å²) in [7, 11) is 1.89. The van der Waals surface area contributed by atoms with Crippen molar-refractivity contribution in [2.75, 3.05) is 6.54 Å². The van der Waals surface area contributed by atoms with Crippen molar-refractivity contribution in [2.24, 2.45) is 24.4 Å². The lowest BCUT2D eigenvalue weighted by atomic mass is 9.98. The van der Waals surface area contributed by atoms with Crippen LogP contribution in [0.4, 0.5) is 0 Å². The van der Waals surface area contributed by atoms with Crippen LogP contribution >= 0.6 is 11.6 Å². The number of amides is 1. The maximum Gasteiger partial charge on any atom is 0.237 e. The van der Waals surface area contributed by atoms with E-state index in [1.165, 1.54) is 0 Å². The molecule has 0 spiro atoms. The monoisotopic (exact) mass is 444 g/mol. The van der Waals surface area contributed by atoms with E-state index in [0.717, 1.165) is 33.4 Å². The standard InChI is InChI=1S/C22H29ClN6O2/c1-12(2)21(30)20(22(25)31)27-9-14-7-18(19-10-26-11-29(19)3)28-17-8-16(23)13(4-5-24)6-15(14)17/h6-8,10-12,20-21,27,30H,4-5,9,24H2,1-3H3,(H2,25,31)/t20-,21+/m1/s1. The smallest absolute Gasteiger partial charge is 0.237 e. The van der Waals surface area contributed by atoms with Crippen molar-refractivity contribution in [3.8, 4) is 11.4 Å². The number of nitrogens with zero attached hydrogens (tertiary/aromatic N) is 3. The number of aliphatic hydroxyl groups is 1. The number of carbonyl (C=O) groups excluding carboxylic acids is 1. The first-order valence-electron chi connectivity index (χ1n) is 10.2.